The smallest absolute Gasteiger partial charge is 0.305 e. The number of carboxylic acids is 1. The molecule has 0 fully saturated rings. The first-order valence-corrected chi connectivity index (χ1v) is 7.54. The van der Waals surface area contributed by atoms with E-state index in [1.165, 1.54) is 11.3 Å². The van der Waals surface area contributed by atoms with Gasteiger partial charge in [0.15, 0.2) is 0 Å². The number of hydrogen-bond donors (Lipinski definition) is 1. The van der Waals surface area contributed by atoms with Crippen molar-refractivity contribution in [3.63, 3.8) is 0 Å². The van der Waals surface area contributed by atoms with Crippen LogP contribution in [-0.2, 0) is 11.3 Å². The maximum atomic E-state index is 12.4. The summed E-state index contributed by atoms with van der Waals surface area (Å²) in [6, 6.07) is 11.5. The second kappa shape index (κ2) is 7.04. The van der Waals surface area contributed by atoms with Crippen molar-refractivity contribution in [2.24, 2.45) is 0 Å². The molecule has 0 aliphatic heterocycles. The van der Waals surface area contributed by atoms with Crippen LogP contribution < -0.4 is 0 Å². The van der Waals surface area contributed by atoms with E-state index in [1.54, 1.807) is 11.0 Å². The highest BCUT2D eigenvalue weighted by Crippen LogP contribution is 2.15. The molecule has 110 valence electrons. The third-order valence-electron chi connectivity index (χ3n) is 3.11. The fraction of sp³-hybridized carbons (Fsp3) is 0.250. The summed E-state index contributed by atoms with van der Waals surface area (Å²) >= 11 is 1.37. The van der Waals surface area contributed by atoms with E-state index in [1.807, 2.05) is 42.6 Å². The molecular formula is C16H17NO3S. The Hall–Kier alpha value is -2.14. The molecule has 0 aliphatic rings. The number of carbonyl (C=O) groups excluding carboxylic acids is 1. The van der Waals surface area contributed by atoms with E-state index in [9.17, 15) is 9.59 Å². The molecule has 0 atom stereocenters. The summed E-state index contributed by atoms with van der Waals surface area (Å²) in [5.41, 5.74) is 2.15. The minimum atomic E-state index is -0.900. The van der Waals surface area contributed by atoms with E-state index in [-0.39, 0.29) is 18.9 Å². The topological polar surface area (TPSA) is 57.6 Å². The van der Waals surface area contributed by atoms with E-state index in [0.717, 1.165) is 11.1 Å². The molecule has 2 aromatic rings. The van der Waals surface area contributed by atoms with Crippen molar-refractivity contribution in [3.05, 3.63) is 57.8 Å². The van der Waals surface area contributed by atoms with E-state index >= 15 is 0 Å². The van der Waals surface area contributed by atoms with Gasteiger partial charge in [-0.3, -0.25) is 9.59 Å². The van der Waals surface area contributed by atoms with Crippen molar-refractivity contribution < 1.29 is 14.7 Å². The number of aliphatic carboxylic acids is 1. The van der Waals surface area contributed by atoms with Gasteiger partial charge in [-0.15, -0.1) is 11.3 Å². The Morgan fingerprint density at radius 1 is 1.19 bits per heavy atom. The lowest BCUT2D eigenvalue weighted by Gasteiger charge is -2.21. The summed E-state index contributed by atoms with van der Waals surface area (Å²) in [7, 11) is 0. The van der Waals surface area contributed by atoms with E-state index < -0.39 is 5.97 Å². The fourth-order valence-electron chi connectivity index (χ4n) is 1.95. The van der Waals surface area contributed by atoms with Gasteiger partial charge in [0.2, 0.25) is 0 Å². The first kappa shape index (κ1) is 15.3. The highest BCUT2D eigenvalue weighted by molar-refractivity contribution is 7.12. The third kappa shape index (κ3) is 4.43. The minimum absolute atomic E-state index is 0.0526. The van der Waals surface area contributed by atoms with Crippen LogP contribution in [-0.4, -0.2) is 28.4 Å². The zero-order valence-corrected chi connectivity index (χ0v) is 12.6. The number of hydrogen-bond acceptors (Lipinski definition) is 3. The van der Waals surface area contributed by atoms with Gasteiger partial charge in [-0.25, -0.2) is 0 Å². The van der Waals surface area contributed by atoms with Gasteiger partial charge in [0.25, 0.3) is 5.91 Å². The summed E-state index contributed by atoms with van der Waals surface area (Å²) in [5.74, 6) is -1.02. The number of benzene rings is 1. The quantitative estimate of drug-likeness (QED) is 0.891. The normalized spacial score (nSPS) is 10.3. The number of amides is 1. The summed E-state index contributed by atoms with van der Waals surface area (Å²) in [4.78, 5) is 25.4. The van der Waals surface area contributed by atoms with Gasteiger partial charge in [-0.05, 0) is 23.9 Å². The van der Waals surface area contributed by atoms with Crippen molar-refractivity contribution in [2.45, 2.75) is 19.9 Å². The zero-order valence-electron chi connectivity index (χ0n) is 11.8. The van der Waals surface area contributed by atoms with Crippen LogP contribution >= 0.6 is 11.3 Å². The summed E-state index contributed by atoms with van der Waals surface area (Å²) < 4.78 is 0. The highest BCUT2D eigenvalue weighted by atomic mass is 32.1. The fourth-order valence-corrected chi connectivity index (χ4v) is 2.64. The Kier molecular flexibility index (Phi) is 5.11. The molecule has 1 aromatic heterocycles. The van der Waals surface area contributed by atoms with Gasteiger partial charge in [0.05, 0.1) is 11.3 Å². The largest absolute Gasteiger partial charge is 0.481 e. The second-order valence-corrected chi connectivity index (χ2v) is 5.78. The van der Waals surface area contributed by atoms with Crippen LogP contribution in [0.5, 0.6) is 0 Å². The molecule has 0 spiro atoms. The molecular weight excluding hydrogens is 286 g/mol. The highest BCUT2D eigenvalue weighted by Gasteiger charge is 2.18. The lowest BCUT2D eigenvalue weighted by molar-refractivity contribution is -0.137. The molecule has 5 heteroatoms. The summed E-state index contributed by atoms with van der Waals surface area (Å²) in [6.07, 6.45) is -0.0526. The van der Waals surface area contributed by atoms with Crippen LogP contribution in [0.2, 0.25) is 0 Å². The van der Waals surface area contributed by atoms with Crippen LogP contribution in [0, 0.1) is 6.92 Å². The molecule has 21 heavy (non-hydrogen) atoms. The predicted molar refractivity (Wildman–Crippen MR) is 82.5 cm³/mol. The number of carbonyl (C=O) groups is 2. The molecule has 1 aromatic carbocycles. The molecule has 2 rings (SSSR count). The summed E-state index contributed by atoms with van der Waals surface area (Å²) in [6.45, 7) is 2.63. The number of carboxylic acid groups (broad SMARTS) is 1. The molecule has 4 nitrogen and oxygen atoms in total. The molecule has 1 N–H and O–H groups in total. The monoisotopic (exact) mass is 303 g/mol. The number of nitrogens with zero attached hydrogens (tertiary/aromatic N) is 1. The number of aryl methyl sites for hydroxylation is 1. The Balaban J connectivity index is 2.13. The Morgan fingerprint density at radius 2 is 1.90 bits per heavy atom. The first-order chi connectivity index (χ1) is 10.1. The molecule has 0 saturated carbocycles. The first-order valence-electron chi connectivity index (χ1n) is 6.66. The van der Waals surface area contributed by atoms with E-state index in [4.69, 9.17) is 5.11 Å². The summed E-state index contributed by atoms with van der Waals surface area (Å²) in [5, 5.41) is 10.7. The minimum Gasteiger partial charge on any atom is -0.481 e. The van der Waals surface area contributed by atoms with Crippen molar-refractivity contribution in [1.82, 2.24) is 4.90 Å². The van der Waals surface area contributed by atoms with Gasteiger partial charge >= 0.3 is 5.97 Å². The Labute approximate surface area is 127 Å². The van der Waals surface area contributed by atoms with Gasteiger partial charge in [-0.2, -0.15) is 0 Å². The third-order valence-corrected chi connectivity index (χ3v) is 3.97. The Bertz CT molecular complexity index is 605. The van der Waals surface area contributed by atoms with Crippen molar-refractivity contribution in [2.75, 3.05) is 6.54 Å². The maximum Gasteiger partial charge on any atom is 0.305 e. The van der Waals surface area contributed by atoms with Crippen LogP contribution in [0.4, 0.5) is 0 Å². The van der Waals surface area contributed by atoms with E-state index in [2.05, 4.69) is 0 Å². The van der Waals surface area contributed by atoms with Gasteiger partial charge in [0, 0.05) is 13.1 Å². The predicted octanol–water partition coefficient (Wildman–Crippen LogP) is 3.17. The van der Waals surface area contributed by atoms with Crippen molar-refractivity contribution in [1.29, 1.82) is 0 Å². The van der Waals surface area contributed by atoms with Crippen LogP contribution in [0.1, 0.15) is 27.2 Å². The van der Waals surface area contributed by atoms with Gasteiger partial charge < -0.3 is 10.0 Å². The lowest BCUT2D eigenvalue weighted by atomic mass is 10.1. The molecule has 0 unspecified atom stereocenters. The molecule has 0 bridgehead atoms. The molecule has 0 aliphatic carbocycles. The molecule has 1 amide bonds. The zero-order chi connectivity index (χ0) is 15.2. The van der Waals surface area contributed by atoms with Gasteiger partial charge in [0.1, 0.15) is 0 Å². The average molecular weight is 303 g/mol. The molecule has 1 heterocycles. The van der Waals surface area contributed by atoms with Crippen LogP contribution in [0.25, 0.3) is 0 Å². The average Bonchev–Trinajstić information content (AvgIpc) is 2.98. The second-order valence-electron chi connectivity index (χ2n) is 4.83. The van der Waals surface area contributed by atoms with Crippen LogP contribution in [0.15, 0.2) is 41.8 Å². The van der Waals surface area contributed by atoms with E-state index in [0.29, 0.717) is 11.4 Å². The molecule has 0 saturated heterocycles. The van der Waals surface area contributed by atoms with Gasteiger partial charge in [-0.1, -0.05) is 35.9 Å². The van der Waals surface area contributed by atoms with Crippen LogP contribution in [0.3, 0.4) is 0 Å². The Morgan fingerprint density at radius 3 is 2.48 bits per heavy atom. The SMILES string of the molecule is Cc1ccc(CN(CCC(=O)O)C(=O)c2cccs2)cc1. The molecule has 0 radical (unpaired) electrons. The standard InChI is InChI=1S/C16H17NO3S/c1-12-4-6-13(7-5-12)11-17(9-8-15(18)19)16(20)14-3-2-10-21-14/h2-7,10H,8-9,11H2,1H3,(H,18,19). The number of rotatable bonds is 6. The number of thiophene rings is 1. The maximum absolute atomic E-state index is 12.4. The van der Waals surface area contributed by atoms with Crippen molar-refractivity contribution in [3.8, 4) is 0 Å². The van der Waals surface area contributed by atoms with Crippen molar-refractivity contribution >= 4 is 23.2 Å². The lowest BCUT2D eigenvalue weighted by Crippen LogP contribution is -2.32.